The van der Waals surface area contributed by atoms with Gasteiger partial charge >= 0.3 is 0 Å². The van der Waals surface area contributed by atoms with Crippen LogP contribution in [0.15, 0.2) is 12.4 Å². The maximum atomic E-state index is 9.69. The van der Waals surface area contributed by atoms with E-state index in [9.17, 15) is 5.11 Å². The van der Waals surface area contributed by atoms with Crippen LogP contribution in [-0.2, 0) is 0 Å². The molecule has 2 unspecified atom stereocenters. The van der Waals surface area contributed by atoms with E-state index >= 15 is 0 Å². The maximum Gasteiger partial charge on any atom is 0.232 e. The second kappa shape index (κ2) is 5.66. The molecular weight excluding hydrogens is 192 g/mol. The molecule has 0 fully saturated rings. The number of aliphatic hydroxyl groups is 1. The quantitative estimate of drug-likeness (QED) is 0.804. The van der Waals surface area contributed by atoms with Crippen LogP contribution in [0.4, 0.5) is 0 Å². The molecule has 0 bridgehead atoms. The van der Waals surface area contributed by atoms with E-state index in [0.717, 1.165) is 5.69 Å². The van der Waals surface area contributed by atoms with Crippen molar-refractivity contribution in [3.8, 4) is 5.88 Å². The van der Waals surface area contributed by atoms with E-state index in [2.05, 4.69) is 9.97 Å². The van der Waals surface area contributed by atoms with Crippen LogP contribution in [-0.4, -0.2) is 27.8 Å². The van der Waals surface area contributed by atoms with Gasteiger partial charge in [0.25, 0.3) is 0 Å². The Hall–Kier alpha value is -1.16. The average molecular weight is 210 g/mol. The number of hydrogen-bond acceptors (Lipinski definition) is 4. The zero-order valence-corrected chi connectivity index (χ0v) is 9.47. The highest BCUT2D eigenvalue weighted by Crippen LogP contribution is 2.20. The minimum atomic E-state index is -0.379. The van der Waals surface area contributed by atoms with Gasteiger partial charge < -0.3 is 9.84 Å². The Morgan fingerprint density at radius 1 is 1.40 bits per heavy atom. The van der Waals surface area contributed by atoms with Crippen LogP contribution < -0.4 is 4.74 Å². The molecule has 0 saturated carbocycles. The smallest absolute Gasteiger partial charge is 0.232 e. The summed E-state index contributed by atoms with van der Waals surface area (Å²) in [4.78, 5) is 8.33. The number of aliphatic hydroxyl groups excluding tert-OH is 1. The predicted octanol–water partition coefficient (Wildman–Crippen LogP) is 1.75. The maximum absolute atomic E-state index is 9.69. The van der Waals surface area contributed by atoms with Gasteiger partial charge in [0.15, 0.2) is 0 Å². The van der Waals surface area contributed by atoms with Gasteiger partial charge in [-0.1, -0.05) is 13.8 Å². The lowest BCUT2D eigenvalue weighted by atomic mass is 9.99. The normalized spacial score (nSPS) is 14.7. The van der Waals surface area contributed by atoms with Crippen molar-refractivity contribution >= 4 is 0 Å². The van der Waals surface area contributed by atoms with Crippen molar-refractivity contribution < 1.29 is 9.84 Å². The van der Waals surface area contributed by atoms with Crippen molar-refractivity contribution in [3.05, 3.63) is 18.1 Å². The van der Waals surface area contributed by atoms with E-state index in [-0.39, 0.29) is 12.0 Å². The topological polar surface area (TPSA) is 55.2 Å². The summed E-state index contributed by atoms with van der Waals surface area (Å²) in [7, 11) is 0. The summed E-state index contributed by atoms with van der Waals surface area (Å²) in [5.41, 5.74) is 0.773. The summed E-state index contributed by atoms with van der Waals surface area (Å²) < 4.78 is 5.25. The molecule has 2 atom stereocenters. The SMILES string of the molecule is CCOc1cncc(C(C)C(O)CC)n1. The number of nitrogens with zero attached hydrogens (tertiary/aromatic N) is 2. The van der Waals surface area contributed by atoms with Crippen LogP contribution >= 0.6 is 0 Å². The molecule has 0 aromatic carbocycles. The highest BCUT2D eigenvalue weighted by atomic mass is 16.5. The molecule has 84 valence electrons. The number of rotatable bonds is 5. The third-order valence-corrected chi connectivity index (χ3v) is 2.39. The summed E-state index contributed by atoms with van der Waals surface area (Å²) in [5, 5.41) is 9.69. The van der Waals surface area contributed by atoms with Gasteiger partial charge in [-0.15, -0.1) is 0 Å². The van der Waals surface area contributed by atoms with E-state index in [1.165, 1.54) is 0 Å². The van der Waals surface area contributed by atoms with Gasteiger partial charge in [0.1, 0.15) is 0 Å². The fourth-order valence-corrected chi connectivity index (χ4v) is 1.35. The predicted molar refractivity (Wildman–Crippen MR) is 57.9 cm³/mol. The number of aromatic nitrogens is 2. The van der Waals surface area contributed by atoms with Crippen molar-refractivity contribution in [1.29, 1.82) is 0 Å². The van der Waals surface area contributed by atoms with Crippen molar-refractivity contribution in [3.63, 3.8) is 0 Å². The van der Waals surface area contributed by atoms with E-state index in [0.29, 0.717) is 18.9 Å². The molecule has 4 heteroatoms. The molecule has 15 heavy (non-hydrogen) atoms. The Kier molecular flexibility index (Phi) is 4.49. The summed E-state index contributed by atoms with van der Waals surface area (Å²) in [6.45, 7) is 6.36. The lowest BCUT2D eigenvalue weighted by Gasteiger charge is -2.16. The zero-order valence-electron chi connectivity index (χ0n) is 9.47. The minimum absolute atomic E-state index is 0.0112. The second-order valence-corrected chi connectivity index (χ2v) is 3.48. The summed E-state index contributed by atoms with van der Waals surface area (Å²) in [6.07, 6.45) is 3.59. The Morgan fingerprint density at radius 3 is 2.73 bits per heavy atom. The summed E-state index contributed by atoms with van der Waals surface area (Å²) in [6, 6.07) is 0. The largest absolute Gasteiger partial charge is 0.477 e. The molecule has 0 saturated heterocycles. The van der Waals surface area contributed by atoms with Gasteiger partial charge in [-0.2, -0.15) is 0 Å². The molecule has 0 aliphatic heterocycles. The molecule has 4 nitrogen and oxygen atoms in total. The first-order chi connectivity index (χ1) is 7.19. The van der Waals surface area contributed by atoms with Gasteiger partial charge in [-0.3, -0.25) is 4.98 Å². The third kappa shape index (κ3) is 3.16. The molecule has 1 rings (SSSR count). The molecular formula is C11H18N2O2. The zero-order chi connectivity index (χ0) is 11.3. The van der Waals surface area contributed by atoms with Crippen molar-refractivity contribution in [2.24, 2.45) is 0 Å². The summed E-state index contributed by atoms with van der Waals surface area (Å²) in [5.74, 6) is 0.507. The molecule has 0 radical (unpaired) electrons. The fourth-order valence-electron chi connectivity index (χ4n) is 1.35. The minimum Gasteiger partial charge on any atom is -0.477 e. The van der Waals surface area contributed by atoms with Gasteiger partial charge in [0.05, 0.1) is 24.6 Å². The average Bonchev–Trinajstić information content (AvgIpc) is 2.28. The van der Waals surface area contributed by atoms with Crippen LogP contribution in [0.3, 0.4) is 0 Å². The van der Waals surface area contributed by atoms with Gasteiger partial charge in [-0.25, -0.2) is 4.98 Å². The highest BCUT2D eigenvalue weighted by molar-refractivity contribution is 5.12. The van der Waals surface area contributed by atoms with Gasteiger partial charge in [0, 0.05) is 12.1 Å². The van der Waals surface area contributed by atoms with Gasteiger partial charge in [0.2, 0.25) is 5.88 Å². The van der Waals surface area contributed by atoms with Crippen molar-refractivity contribution in [1.82, 2.24) is 9.97 Å². The third-order valence-electron chi connectivity index (χ3n) is 2.39. The van der Waals surface area contributed by atoms with Crippen molar-refractivity contribution in [2.45, 2.75) is 39.2 Å². The molecule has 1 N–H and O–H groups in total. The van der Waals surface area contributed by atoms with Crippen LogP contribution in [0.1, 0.15) is 38.8 Å². The molecule has 1 aromatic rings. The Morgan fingerprint density at radius 2 is 2.13 bits per heavy atom. The fraction of sp³-hybridized carbons (Fsp3) is 0.636. The van der Waals surface area contributed by atoms with Crippen LogP contribution in [0.5, 0.6) is 5.88 Å². The molecule has 0 aliphatic carbocycles. The first-order valence-corrected chi connectivity index (χ1v) is 5.31. The van der Waals surface area contributed by atoms with E-state index in [4.69, 9.17) is 4.74 Å². The number of hydrogen-bond donors (Lipinski definition) is 1. The summed E-state index contributed by atoms with van der Waals surface area (Å²) >= 11 is 0. The standard InChI is InChI=1S/C11H18N2O2/c1-4-10(14)8(3)9-6-12-7-11(13-9)15-5-2/h6-8,10,14H,4-5H2,1-3H3. The van der Waals surface area contributed by atoms with Crippen LogP contribution in [0.25, 0.3) is 0 Å². The first kappa shape index (κ1) is 11.9. The molecule has 1 heterocycles. The first-order valence-electron chi connectivity index (χ1n) is 5.31. The van der Waals surface area contributed by atoms with Gasteiger partial charge in [-0.05, 0) is 13.3 Å². The van der Waals surface area contributed by atoms with Crippen LogP contribution in [0.2, 0.25) is 0 Å². The van der Waals surface area contributed by atoms with Crippen molar-refractivity contribution in [2.75, 3.05) is 6.61 Å². The monoisotopic (exact) mass is 210 g/mol. The lowest BCUT2D eigenvalue weighted by Crippen LogP contribution is -2.16. The Bertz CT molecular complexity index is 304. The number of ether oxygens (including phenoxy) is 1. The Balaban J connectivity index is 2.80. The highest BCUT2D eigenvalue weighted by Gasteiger charge is 2.16. The Labute approximate surface area is 90.3 Å². The molecule has 0 amide bonds. The second-order valence-electron chi connectivity index (χ2n) is 3.48. The van der Waals surface area contributed by atoms with E-state index in [1.54, 1.807) is 12.4 Å². The lowest BCUT2D eigenvalue weighted by molar-refractivity contribution is 0.143. The molecule has 0 aliphatic rings. The van der Waals surface area contributed by atoms with Crippen LogP contribution in [0, 0.1) is 0 Å². The molecule has 0 spiro atoms. The van der Waals surface area contributed by atoms with E-state index in [1.807, 2.05) is 20.8 Å². The molecule has 1 aromatic heterocycles. The van der Waals surface area contributed by atoms with E-state index < -0.39 is 0 Å².